The van der Waals surface area contributed by atoms with Gasteiger partial charge in [-0.2, -0.15) is 10.4 Å². The number of benzene rings is 1. The highest BCUT2D eigenvalue weighted by atomic mass is 32.2. The fourth-order valence-corrected chi connectivity index (χ4v) is 5.07. The van der Waals surface area contributed by atoms with E-state index >= 15 is 0 Å². The first-order valence-corrected chi connectivity index (χ1v) is 10.8. The van der Waals surface area contributed by atoms with Crippen molar-refractivity contribution < 1.29 is 13.2 Å². The van der Waals surface area contributed by atoms with Gasteiger partial charge in [-0.25, -0.2) is 8.42 Å². The van der Waals surface area contributed by atoms with Gasteiger partial charge in [0, 0.05) is 17.8 Å². The lowest BCUT2D eigenvalue weighted by atomic mass is 10.1. The molecular weight excluding hydrogens is 376 g/mol. The Bertz CT molecular complexity index is 1060. The highest BCUT2D eigenvalue weighted by molar-refractivity contribution is 7.91. The minimum absolute atomic E-state index is 0.0132. The molecule has 1 fully saturated rings. The van der Waals surface area contributed by atoms with Gasteiger partial charge in [-0.1, -0.05) is 30.3 Å². The number of nitriles is 1. The number of nitrogens with one attached hydrogen (secondary N) is 1. The van der Waals surface area contributed by atoms with Crippen LogP contribution in [0, 0.1) is 25.2 Å². The highest BCUT2D eigenvalue weighted by Crippen LogP contribution is 2.27. The summed E-state index contributed by atoms with van der Waals surface area (Å²) < 4.78 is 25.3. The van der Waals surface area contributed by atoms with Crippen LogP contribution in [0.25, 0.3) is 6.08 Å². The minimum atomic E-state index is -3.03. The van der Waals surface area contributed by atoms with E-state index in [0.717, 1.165) is 11.3 Å². The zero-order valence-electron chi connectivity index (χ0n) is 15.8. The van der Waals surface area contributed by atoms with E-state index in [1.165, 1.54) is 6.08 Å². The largest absolute Gasteiger partial charge is 0.347 e. The maximum absolute atomic E-state index is 12.4. The molecule has 0 radical (unpaired) electrons. The second kappa shape index (κ2) is 7.98. The number of hydrogen-bond donors (Lipinski definition) is 1. The Morgan fingerprint density at radius 1 is 1.36 bits per heavy atom. The molecule has 2 heterocycles. The lowest BCUT2D eigenvalue weighted by Gasteiger charge is -2.11. The number of nitrogens with zero attached hydrogens (tertiary/aromatic N) is 3. The molecule has 146 valence electrons. The number of amides is 1. The van der Waals surface area contributed by atoms with E-state index in [0.29, 0.717) is 24.2 Å². The average Bonchev–Trinajstić information content (AvgIpc) is 3.17. The zero-order valence-corrected chi connectivity index (χ0v) is 16.7. The van der Waals surface area contributed by atoms with E-state index in [4.69, 9.17) is 0 Å². The Kier molecular flexibility index (Phi) is 5.66. The van der Waals surface area contributed by atoms with E-state index < -0.39 is 15.7 Å². The molecule has 1 aliphatic heterocycles. The molecule has 8 heteroatoms. The van der Waals surface area contributed by atoms with Crippen molar-refractivity contribution in [2.75, 3.05) is 11.5 Å². The maximum Gasteiger partial charge on any atom is 0.262 e. The molecule has 3 rings (SSSR count). The van der Waals surface area contributed by atoms with E-state index in [2.05, 4.69) is 10.4 Å². The molecule has 1 saturated heterocycles. The van der Waals surface area contributed by atoms with Crippen molar-refractivity contribution in [3.63, 3.8) is 0 Å². The van der Waals surface area contributed by atoms with E-state index in [-0.39, 0.29) is 23.1 Å². The molecule has 0 spiro atoms. The SMILES string of the molecule is Cc1nn([C@H]2CCS(=O)(=O)C2)c(C)c1/C=C(\C#N)C(=O)NCc1ccccc1. The van der Waals surface area contributed by atoms with Crippen molar-refractivity contribution in [1.29, 1.82) is 5.26 Å². The third-order valence-electron chi connectivity index (χ3n) is 4.88. The van der Waals surface area contributed by atoms with Crippen molar-refractivity contribution >= 4 is 21.8 Å². The maximum atomic E-state index is 12.4. The normalized spacial score (nSPS) is 18.6. The molecule has 0 unspecified atom stereocenters. The topological polar surface area (TPSA) is 105 Å². The van der Waals surface area contributed by atoms with Crippen molar-refractivity contribution in [2.24, 2.45) is 0 Å². The van der Waals surface area contributed by atoms with Crippen molar-refractivity contribution in [3.8, 4) is 6.07 Å². The number of aryl methyl sites for hydroxylation is 1. The third-order valence-corrected chi connectivity index (χ3v) is 6.64. The summed E-state index contributed by atoms with van der Waals surface area (Å²) in [7, 11) is -3.03. The van der Waals surface area contributed by atoms with Crippen molar-refractivity contribution in [3.05, 3.63) is 58.4 Å². The Hall–Kier alpha value is -2.92. The molecule has 1 aromatic carbocycles. The summed E-state index contributed by atoms with van der Waals surface area (Å²) >= 11 is 0. The number of rotatable bonds is 5. The Labute approximate surface area is 164 Å². The summed E-state index contributed by atoms with van der Waals surface area (Å²) in [5, 5.41) is 16.6. The van der Waals surface area contributed by atoms with Crippen LogP contribution in [-0.4, -0.2) is 35.6 Å². The summed E-state index contributed by atoms with van der Waals surface area (Å²) in [5.41, 5.74) is 3.01. The Morgan fingerprint density at radius 2 is 2.07 bits per heavy atom. The van der Waals surface area contributed by atoms with Crippen LogP contribution in [0.15, 0.2) is 35.9 Å². The standard InChI is InChI=1S/C20H22N4O3S/c1-14-19(15(2)24(23-14)18-8-9-28(26,27)13-18)10-17(11-21)20(25)22-12-16-6-4-3-5-7-16/h3-7,10,18H,8-9,12-13H2,1-2H3,(H,22,25)/b17-10+/t18-/m0/s1. The molecule has 1 aliphatic rings. The second-order valence-corrected chi connectivity index (χ2v) is 9.15. The zero-order chi connectivity index (χ0) is 20.3. The third kappa shape index (κ3) is 4.31. The first-order chi connectivity index (χ1) is 13.3. The Balaban J connectivity index is 1.81. The van der Waals surface area contributed by atoms with E-state index in [1.54, 1.807) is 11.6 Å². The van der Waals surface area contributed by atoms with Gasteiger partial charge in [0.25, 0.3) is 5.91 Å². The predicted octanol–water partition coefficient (Wildman–Crippen LogP) is 2.08. The van der Waals surface area contributed by atoms with Gasteiger partial charge in [0.15, 0.2) is 9.84 Å². The van der Waals surface area contributed by atoms with Gasteiger partial charge in [0.1, 0.15) is 11.6 Å². The van der Waals surface area contributed by atoms with Crippen molar-refractivity contribution in [1.82, 2.24) is 15.1 Å². The molecule has 1 N–H and O–H groups in total. The predicted molar refractivity (Wildman–Crippen MR) is 106 cm³/mol. The molecule has 0 saturated carbocycles. The molecule has 2 aromatic rings. The molecule has 0 bridgehead atoms. The molecule has 1 amide bonds. The fraction of sp³-hybridized carbons (Fsp3) is 0.350. The number of hydrogen-bond acceptors (Lipinski definition) is 5. The second-order valence-electron chi connectivity index (χ2n) is 6.92. The van der Waals surface area contributed by atoms with E-state index in [1.807, 2.05) is 43.3 Å². The molecular formula is C20H22N4O3S. The summed E-state index contributed by atoms with van der Waals surface area (Å²) in [6.07, 6.45) is 2.05. The number of aromatic nitrogens is 2. The highest BCUT2D eigenvalue weighted by Gasteiger charge is 2.31. The molecule has 1 aromatic heterocycles. The summed E-state index contributed by atoms with van der Waals surface area (Å²) in [5.74, 6) is -0.228. The average molecular weight is 398 g/mol. The van der Waals surface area contributed by atoms with Crippen LogP contribution >= 0.6 is 0 Å². The van der Waals surface area contributed by atoms with Crippen LogP contribution in [0.1, 0.15) is 35.0 Å². The van der Waals surface area contributed by atoms with Crippen LogP contribution < -0.4 is 5.32 Å². The monoisotopic (exact) mass is 398 g/mol. The Morgan fingerprint density at radius 3 is 2.68 bits per heavy atom. The number of sulfone groups is 1. The smallest absolute Gasteiger partial charge is 0.262 e. The lowest BCUT2D eigenvalue weighted by molar-refractivity contribution is -0.117. The first-order valence-electron chi connectivity index (χ1n) is 9.01. The number of carbonyl (C=O) groups is 1. The summed E-state index contributed by atoms with van der Waals surface area (Å²) in [6, 6.07) is 11.2. The van der Waals surface area contributed by atoms with Gasteiger partial charge in [-0.3, -0.25) is 9.48 Å². The van der Waals surface area contributed by atoms with Gasteiger partial charge >= 0.3 is 0 Å². The van der Waals surface area contributed by atoms with Gasteiger partial charge in [-0.15, -0.1) is 0 Å². The van der Waals surface area contributed by atoms with Crippen LogP contribution in [-0.2, 0) is 21.2 Å². The van der Waals surface area contributed by atoms with Gasteiger partial charge in [0.05, 0.1) is 23.2 Å². The van der Waals surface area contributed by atoms with E-state index in [9.17, 15) is 18.5 Å². The van der Waals surface area contributed by atoms with Gasteiger partial charge in [0.2, 0.25) is 0 Å². The van der Waals surface area contributed by atoms with Crippen molar-refractivity contribution in [2.45, 2.75) is 32.9 Å². The summed E-state index contributed by atoms with van der Waals surface area (Å²) in [6.45, 7) is 3.94. The molecule has 7 nitrogen and oxygen atoms in total. The minimum Gasteiger partial charge on any atom is -0.347 e. The molecule has 1 atom stereocenters. The van der Waals surface area contributed by atoms with Gasteiger partial charge < -0.3 is 5.32 Å². The van der Waals surface area contributed by atoms with Crippen LogP contribution in [0.5, 0.6) is 0 Å². The van der Waals surface area contributed by atoms with Crippen LogP contribution in [0.3, 0.4) is 0 Å². The van der Waals surface area contributed by atoms with Crippen LogP contribution in [0.2, 0.25) is 0 Å². The molecule has 0 aliphatic carbocycles. The summed E-state index contributed by atoms with van der Waals surface area (Å²) in [4.78, 5) is 12.4. The first kappa shape index (κ1) is 19.8. The van der Waals surface area contributed by atoms with Crippen LogP contribution in [0.4, 0.5) is 0 Å². The van der Waals surface area contributed by atoms with Gasteiger partial charge in [-0.05, 0) is 31.9 Å². The quantitative estimate of drug-likeness (QED) is 0.613. The molecule has 28 heavy (non-hydrogen) atoms. The number of carbonyl (C=O) groups excluding carboxylic acids is 1. The lowest BCUT2D eigenvalue weighted by Crippen LogP contribution is -2.23. The fourth-order valence-electron chi connectivity index (χ4n) is 3.37.